The Morgan fingerprint density at radius 2 is 1.70 bits per heavy atom. The molecule has 1 unspecified atom stereocenters. The Labute approximate surface area is 193 Å². The predicted octanol–water partition coefficient (Wildman–Crippen LogP) is 1.92. The van der Waals surface area contributed by atoms with Gasteiger partial charge >= 0.3 is 11.7 Å². The molecule has 33 heavy (non-hydrogen) atoms. The Hall–Kier alpha value is -2.46. The van der Waals surface area contributed by atoms with Crippen LogP contribution in [0.1, 0.15) is 72.1 Å². The van der Waals surface area contributed by atoms with Crippen LogP contribution in [0, 0.1) is 5.41 Å². The van der Waals surface area contributed by atoms with E-state index in [1.54, 1.807) is 27.8 Å². The van der Waals surface area contributed by atoms with Gasteiger partial charge < -0.3 is 14.9 Å². The molecule has 0 spiro atoms. The molecule has 2 heterocycles. The number of esters is 1. The smallest absolute Gasteiger partial charge is 0.332 e. The Morgan fingerprint density at radius 1 is 1.09 bits per heavy atom. The summed E-state index contributed by atoms with van der Waals surface area (Å²) in [4.78, 5) is 42.0. The molecule has 186 valence electrons. The average molecular weight is 467 g/mol. The lowest BCUT2D eigenvalue weighted by Crippen LogP contribution is -2.39. The number of hydrogen-bond donors (Lipinski definition) is 2. The molecule has 0 fully saturated rings. The molecule has 0 radical (unpaired) electrons. The Kier molecular flexibility index (Phi) is 9.85. The molecule has 2 aromatic heterocycles. The third kappa shape index (κ3) is 7.26. The zero-order valence-electron chi connectivity index (χ0n) is 20.2. The molecular weight excluding hydrogens is 428 g/mol. The molecule has 10 nitrogen and oxygen atoms in total. The SMILES string of the molecule is Cn1c(=O)n(CCCCCCCCCC(O)CO)c(=O)c2c1ncn2COC(=O)C(C)(C)C. The fourth-order valence-corrected chi connectivity index (χ4v) is 3.59. The van der Waals surface area contributed by atoms with Crippen molar-refractivity contribution in [1.82, 2.24) is 18.7 Å². The number of imidazole rings is 1. The average Bonchev–Trinajstić information content (AvgIpc) is 3.20. The van der Waals surface area contributed by atoms with Crippen molar-refractivity contribution in [3.63, 3.8) is 0 Å². The van der Waals surface area contributed by atoms with E-state index in [-0.39, 0.29) is 30.5 Å². The summed E-state index contributed by atoms with van der Waals surface area (Å²) in [6.45, 7) is 5.24. The number of carbonyl (C=O) groups excluding carboxylic acids is 1. The van der Waals surface area contributed by atoms with Crippen LogP contribution >= 0.6 is 0 Å². The number of hydrogen-bond acceptors (Lipinski definition) is 7. The number of unbranched alkanes of at least 4 members (excludes halogenated alkanes) is 6. The minimum Gasteiger partial charge on any atom is -0.443 e. The Balaban J connectivity index is 1.95. The maximum atomic E-state index is 13.1. The van der Waals surface area contributed by atoms with Gasteiger partial charge in [0, 0.05) is 13.6 Å². The second kappa shape index (κ2) is 12.1. The number of ether oxygens (including phenoxy) is 1. The van der Waals surface area contributed by atoms with E-state index in [1.807, 2.05) is 0 Å². The van der Waals surface area contributed by atoms with Gasteiger partial charge in [-0.05, 0) is 33.6 Å². The summed E-state index contributed by atoms with van der Waals surface area (Å²) in [5.74, 6) is -0.390. The number of rotatable bonds is 13. The zero-order valence-corrected chi connectivity index (χ0v) is 20.2. The summed E-state index contributed by atoms with van der Waals surface area (Å²) in [7, 11) is 1.58. The second-order valence-corrected chi connectivity index (χ2v) is 9.60. The molecule has 0 aliphatic rings. The normalized spacial score (nSPS) is 12.9. The molecule has 2 aromatic rings. The molecule has 0 aromatic carbocycles. The van der Waals surface area contributed by atoms with Crippen LogP contribution in [0.4, 0.5) is 0 Å². The minimum absolute atomic E-state index is 0.143. The third-order valence-electron chi connectivity index (χ3n) is 5.68. The number of aryl methyl sites for hydroxylation is 1. The molecule has 0 aliphatic carbocycles. The Morgan fingerprint density at radius 3 is 2.30 bits per heavy atom. The lowest BCUT2D eigenvalue weighted by molar-refractivity contribution is -0.156. The van der Waals surface area contributed by atoms with E-state index in [2.05, 4.69) is 4.98 Å². The molecule has 0 saturated heterocycles. The standard InChI is InChI=1S/C23H38N4O6/c1-23(2,3)21(31)33-16-26-15-24-19-18(26)20(30)27(22(32)25(19)4)13-11-9-7-5-6-8-10-12-17(29)14-28/h15,17,28-29H,5-14,16H2,1-4H3. The first-order valence-corrected chi connectivity index (χ1v) is 11.7. The van der Waals surface area contributed by atoms with Gasteiger partial charge in [-0.15, -0.1) is 0 Å². The van der Waals surface area contributed by atoms with Gasteiger partial charge in [0.05, 0.1) is 18.1 Å². The molecule has 0 bridgehead atoms. The molecule has 1 atom stereocenters. The first-order chi connectivity index (χ1) is 15.6. The van der Waals surface area contributed by atoms with Crippen LogP contribution in [-0.2, 0) is 29.9 Å². The van der Waals surface area contributed by atoms with Gasteiger partial charge in [0.15, 0.2) is 17.9 Å². The van der Waals surface area contributed by atoms with E-state index in [1.165, 1.54) is 20.0 Å². The largest absolute Gasteiger partial charge is 0.443 e. The fourth-order valence-electron chi connectivity index (χ4n) is 3.59. The molecule has 2 N–H and O–H groups in total. The van der Waals surface area contributed by atoms with E-state index >= 15 is 0 Å². The first-order valence-electron chi connectivity index (χ1n) is 11.7. The van der Waals surface area contributed by atoms with Crippen LogP contribution in [0.3, 0.4) is 0 Å². The number of fused-ring (bicyclic) bond motifs is 1. The third-order valence-corrected chi connectivity index (χ3v) is 5.68. The molecular formula is C23H38N4O6. The summed E-state index contributed by atoms with van der Waals surface area (Å²) in [6.07, 6.45) is 8.02. The van der Waals surface area contributed by atoms with E-state index < -0.39 is 22.8 Å². The summed E-state index contributed by atoms with van der Waals surface area (Å²) in [6, 6.07) is 0. The molecule has 2 rings (SSSR count). The fraction of sp³-hybridized carbons (Fsp3) is 0.739. The van der Waals surface area contributed by atoms with Crippen molar-refractivity contribution in [1.29, 1.82) is 0 Å². The molecule has 0 amide bonds. The topological polar surface area (TPSA) is 129 Å². The van der Waals surface area contributed by atoms with Crippen LogP contribution in [0.25, 0.3) is 11.2 Å². The lowest BCUT2D eigenvalue weighted by atomic mass is 9.98. The molecule has 0 saturated carbocycles. The maximum absolute atomic E-state index is 13.1. The minimum atomic E-state index is -0.663. The summed E-state index contributed by atoms with van der Waals surface area (Å²) in [5.41, 5.74) is -1.00. The second-order valence-electron chi connectivity index (χ2n) is 9.60. The van der Waals surface area contributed by atoms with Crippen LogP contribution in [0.5, 0.6) is 0 Å². The van der Waals surface area contributed by atoms with E-state index in [4.69, 9.17) is 9.84 Å². The van der Waals surface area contributed by atoms with Crippen LogP contribution < -0.4 is 11.2 Å². The highest BCUT2D eigenvalue weighted by Gasteiger charge is 2.24. The van der Waals surface area contributed by atoms with Gasteiger partial charge in [0.25, 0.3) is 5.56 Å². The van der Waals surface area contributed by atoms with Crippen molar-refractivity contribution in [2.45, 2.75) is 91.5 Å². The van der Waals surface area contributed by atoms with Gasteiger partial charge in [-0.1, -0.05) is 38.5 Å². The number of aliphatic hydroxyl groups excluding tert-OH is 2. The maximum Gasteiger partial charge on any atom is 0.332 e. The van der Waals surface area contributed by atoms with Gasteiger partial charge in [0.1, 0.15) is 6.33 Å². The van der Waals surface area contributed by atoms with Gasteiger partial charge in [-0.25, -0.2) is 9.78 Å². The lowest BCUT2D eigenvalue weighted by Gasteiger charge is -2.17. The van der Waals surface area contributed by atoms with Crippen molar-refractivity contribution >= 4 is 17.1 Å². The van der Waals surface area contributed by atoms with E-state index in [9.17, 15) is 19.5 Å². The van der Waals surface area contributed by atoms with E-state index in [0.717, 1.165) is 38.5 Å². The highest BCUT2D eigenvalue weighted by molar-refractivity contribution is 5.75. The first kappa shape index (κ1) is 26.8. The molecule has 10 heteroatoms. The van der Waals surface area contributed by atoms with Crippen LogP contribution in [-0.4, -0.2) is 47.6 Å². The van der Waals surface area contributed by atoms with Crippen molar-refractivity contribution in [2.75, 3.05) is 6.61 Å². The van der Waals surface area contributed by atoms with Crippen molar-refractivity contribution in [2.24, 2.45) is 12.5 Å². The number of nitrogens with zero attached hydrogens (tertiary/aromatic N) is 4. The highest BCUT2D eigenvalue weighted by Crippen LogP contribution is 2.16. The van der Waals surface area contributed by atoms with Gasteiger partial charge in [-0.3, -0.25) is 23.3 Å². The summed E-state index contributed by atoms with van der Waals surface area (Å²) < 4.78 is 9.35. The summed E-state index contributed by atoms with van der Waals surface area (Å²) >= 11 is 0. The van der Waals surface area contributed by atoms with Gasteiger partial charge in [0.2, 0.25) is 0 Å². The summed E-state index contributed by atoms with van der Waals surface area (Å²) in [5, 5.41) is 18.1. The molecule has 0 aliphatic heterocycles. The van der Waals surface area contributed by atoms with Gasteiger partial charge in [-0.2, -0.15) is 0 Å². The Bertz CT molecular complexity index is 1030. The predicted molar refractivity (Wildman–Crippen MR) is 125 cm³/mol. The highest BCUT2D eigenvalue weighted by atomic mass is 16.5. The van der Waals surface area contributed by atoms with Crippen molar-refractivity contribution in [3.8, 4) is 0 Å². The zero-order chi connectivity index (χ0) is 24.6. The number of aliphatic hydroxyl groups is 2. The number of carbonyl (C=O) groups is 1. The van der Waals surface area contributed by atoms with Crippen LogP contribution in [0.15, 0.2) is 15.9 Å². The number of aromatic nitrogens is 4. The van der Waals surface area contributed by atoms with Crippen molar-refractivity contribution < 1.29 is 19.7 Å². The quantitative estimate of drug-likeness (QED) is 0.341. The van der Waals surface area contributed by atoms with Crippen molar-refractivity contribution in [3.05, 3.63) is 27.2 Å². The van der Waals surface area contributed by atoms with E-state index in [0.29, 0.717) is 19.4 Å². The van der Waals surface area contributed by atoms with Crippen LogP contribution in [0.2, 0.25) is 0 Å². The monoisotopic (exact) mass is 466 g/mol.